The summed E-state index contributed by atoms with van der Waals surface area (Å²) in [6.07, 6.45) is 6.50. The first kappa shape index (κ1) is 12.2. The summed E-state index contributed by atoms with van der Waals surface area (Å²) in [6, 6.07) is 2.10. The summed E-state index contributed by atoms with van der Waals surface area (Å²) in [6.45, 7) is 3.22. The van der Waals surface area contributed by atoms with Crippen molar-refractivity contribution in [2.75, 3.05) is 17.6 Å². The monoisotopic (exact) mass is 250 g/mol. The fraction of sp³-hybridized carbons (Fsp3) is 0.667. The van der Waals surface area contributed by atoms with Crippen LogP contribution in [-0.2, 0) is 0 Å². The summed E-state index contributed by atoms with van der Waals surface area (Å²) < 4.78 is 4.01. The van der Waals surface area contributed by atoms with Gasteiger partial charge in [0.15, 0.2) is 5.82 Å². The predicted octanol–water partition coefficient (Wildman–Crippen LogP) is 2.98. The number of nitrogens with one attached hydrogen (secondary N) is 1. The molecule has 0 spiro atoms. The lowest BCUT2D eigenvalue weighted by Crippen LogP contribution is -2.28. The summed E-state index contributed by atoms with van der Waals surface area (Å²) in [5.41, 5.74) is 6.48. The number of hydrogen-bond acceptors (Lipinski definition) is 5. The summed E-state index contributed by atoms with van der Waals surface area (Å²) in [5, 5.41) is 13.2. The second-order valence-corrected chi connectivity index (χ2v) is 5.88. The Hall–Kier alpha value is -1.28. The Kier molecular flexibility index (Phi) is 3.53. The Morgan fingerprint density at radius 1 is 1.47 bits per heavy atom. The van der Waals surface area contributed by atoms with Gasteiger partial charge in [-0.15, -0.1) is 0 Å². The molecular formula is C12H18N4S. The molecule has 1 aliphatic rings. The zero-order valence-electron chi connectivity index (χ0n) is 10.1. The van der Waals surface area contributed by atoms with Crippen LogP contribution >= 0.6 is 11.5 Å². The van der Waals surface area contributed by atoms with Gasteiger partial charge in [0.05, 0.1) is 0 Å². The fourth-order valence-electron chi connectivity index (χ4n) is 2.41. The normalized spacial score (nSPS) is 18.6. The molecule has 1 aliphatic carbocycles. The Labute approximate surface area is 106 Å². The molecule has 4 nitrogen and oxygen atoms in total. The standard InChI is InChI=1S/C12H18N4S/c1-12(5-3-2-4-6-12)8-15-11-9(7-13)10(14)16-17-11/h15H,2-6,8H2,1H3,(H2,14,16). The molecule has 0 amide bonds. The molecule has 1 aromatic rings. The van der Waals surface area contributed by atoms with Crippen molar-refractivity contribution in [3.8, 4) is 6.07 Å². The maximum atomic E-state index is 8.99. The van der Waals surface area contributed by atoms with Crippen LogP contribution in [0.5, 0.6) is 0 Å². The summed E-state index contributed by atoms with van der Waals surface area (Å²) in [7, 11) is 0. The zero-order valence-corrected chi connectivity index (χ0v) is 10.9. The average Bonchev–Trinajstić information content (AvgIpc) is 2.68. The molecule has 0 aliphatic heterocycles. The quantitative estimate of drug-likeness (QED) is 0.864. The molecule has 1 saturated carbocycles. The topological polar surface area (TPSA) is 74.7 Å². The van der Waals surface area contributed by atoms with Crippen LogP contribution in [0.3, 0.4) is 0 Å². The van der Waals surface area contributed by atoms with E-state index >= 15 is 0 Å². The lowest BCUT2D eigenvalue weighted by Gasteiger charge is -2.33. The first-order valence-corrected chi connectivity index (χ1v) is 6.81. The minimum absolute atomic E-state index is 0.341. The molecular weight excluding hydrogens is 232 g/mol. The van der Waals surface area contributed by atoms with Crippen molar-refractivity contribution in [2.45, 2.75) is 39.0 Å². The highest BCUT2D eigenvalue weighted by molar-refractivity contribution is 7.10. The number of nitrogen functional groups attached to an aromatic ring is 1. The van der Waals surface area contributed by atoms with Crippen molar-refractivity contribution in [2.24, 2.45) is 5.41 Å². The fourth-order valence-corrected chi connectivity index (χ4v) is 3.07. The first-order valence-electron chi connectivity index (χ1n) is 6.04. The molecule has 3 N–H and O–H groups in total. The summed E-state index contributed by atoms with van der Waals surface area (Å²) in [5.74, 6) is 0.341. The van der Waals surface area contributed by atoms with Gasteiger partial charge in [0.1, 0.15) is 16.6 Å². The van der Waals surface area contributed by atoms with Gasteiger partial charge in [-0.3, -0.25) is 0 Å². The van der Waals surface area contributed by atoms with Gasteiger partial charge in [0.2, 0.25) is 0 Å². The van der Waals surface area contributed by atoms with Crippen LogP contribution in [0.2, 0.25) is 0 Å². The average molecular weight is 250 g/mol. The van der Waals surface area contributed by atoms with Crippen LogP contribution in [0, 0.1) is 16.7 Å². The Morgan fingerprint density at radius 3 is 2.82 bits per heavy atom. The zero-order chi connectivity index (χ0) is 12.3. The lowest BCUT2D eigenvalue weighted by atomic mass is 9.76. The number of nitriles is 1. The molecule has 2 rings (SSSR count). The third kappa shape index (κ3) is 2.70. The highest BCUT2D eigenvalue weighted by Crippen LogP contribution is 2.36. The molecule has 1 fully saturated rings. The SMILES string of the molecule is CC1(CNc2snc(N)c2C#N)CCCCC1. The summed E-state index contributed by atoms with van der Waals surface area (Å²) in [4.78, 5) is 0. The number of aromatic nitrogens is 1. The van der Waals surface area contributed by atoms with Gasteiger partial charge in [0.25, 0.3) is 0 Å². The molecule has 17 heavy (non-hydrogen) atoms. The van der Waals surface area contributed by atoms with Gasteiger partial charge in [-0.05, 0) is 29.8 Å². The number of nitrogens with zero attached hydrogens (tertiary/aromatic N) is 2. The maximum absolute atomic E-state index is 8.99. The van der Waals surface area contributed by atoms with E-state index in [-0.39, 0.29) is 0 Å². The molecule has 92 valence electrons. The van der Waals surface area contributed by atoms with E-state index in [1.165, 1.54) is 43.6 Å². The van der Waals surface area contributed by atoms with E-state index in [9.17, 15) is 0 Å². The molecule has 1 heterocycles. The van der Waals surface area contributed by atoms with Crippen molar-refractivity contribution in [1.82, 2.24) is 4.37 Å². The molecule has 0 bridgehead atoms. The van der Waals surface area contributed by atoms with Crippen LogP contribution in [0.15, 0.2) is 0 Å². The number of nitrogens with two attached hydrogens (primary N) is 1. The van der Waals surface area contributed by atoms with Gasteiger partial charge in [-0.25, -0.2) is 0 Å². The first-order chi connectivity index (χ1) is 8.14. The number of anilines is 2. The van der Waals surface area contributed by atoms with E-state index < -0.39 is 0 Å². The van der Waals surface area contributed by atoms with Crippen LogP contribution in [0.25, 0.3) is 0 Å². The van der Waals surface area contributed by atoms with E-state index in [1.54, 1.807) is 0 Å². The van der Waals surface area contributed by atoms with Crippen LogP contribution < -0.4 is 11.1 Å². The molecule has 0 unspecified atom stereocenters. The second kappa shape index (κ2) is 4.92. The third-order valence-corrected chi connectivity index (χ3v) is 4.39. The van der Waals surface area contributed by atoms with Gasteiger partial charge in [-0.2, -0.15) is 9.64 Å². The van der Waals surface area contributed by atoms with Crippen molar-refractivity contribution in [3.05, 3.63) is 5.56 Å². The van der Waals surface area contributed by atoms with Gasteiger partial charge in [-0.1, -0.05) is 26.2 Å². The minimum Gasteiger partial charge on any atom is -0.382 e. The van der Waals surface area contributed by atoms with Crippen LogP contribution in [0.1, 0.15) is 44.6 Å². The van der Waals surface area contributed by atoms with E-state index in [0.717, 1.165) is 11.5 Å². The minimum atomic E-state index is 0.341. The smallest absolute Gasteiger partial charge is 0.157 e. The molecule has 0 saturated heterocycles. The van der Waals surface area contributed by atoms with Gasteiger partial charge >= 0.3 is 0 Å². The van der Waals surface area contributed by atoms with E-state index in [4.69, 9.17) is 11.0 Å². The van der Waals surface area contributed by atoms with Crippen LogP contribution in [-0.4, -0.2) is 10.9 Å². The Bertz CT molecular complexity index is 426. The van der Waals surface area contributed by atoms with E-state index in [1.807, 2.05) is 0 Å². The van der Waals surface area contributed by atoms with Crippen molar-refractivity contribution in [1.29, 1.82) is 5.26 Å². The maximum Gasteiger partial charge on any atom is 0.157 e. The molecule has 0 atom stereocenters. The molecule has 5 heteroatoms. The third-order valence-electron chi connectivity index (χ3n) is 3.57. The van der Waals surface area contributed by atoms with Crippen molar-refractivity contribution >= 4 is 22.4 Å². The second-order valence-electron chi connectivity index (χ2n) is 5.11. The largest absolute Gasteiger partial charge is 0.382 e. The molecule has 1 aromatic heterocycles. The molecule has 0 radical (unpaired) electrons. The van der Waals surface area contributed by atoms with E-state index in [0.29, 0.717) is 16.8 Å². The number of rotatable bonds is 3. The van der Waals surface area contributed by atoms with Crippen LogP contribution in [0.4, 0.5) is 10.8 Å². The number of hydrogen-bond donors (Lipinski definition) is 2. The highest BCUT2D eigenvalue weighted by Gasteiger charge is 2.27. The highest BCUT2D eigenvalue weighted by atomic mass is 32.1. The predicted molar refractivity (Wildman–Crippen MR) is 70.9 cm³/mol. The van der Waals surface area contributed by atoms with Gasteiger partial charge < -0.3 is 11.1 Å². The van der Waals surface area contributed by atoms with Gasteiger partial charge in [0, 0.05) is 6.54 Å². The van der Waals surface area contributed by atoms with E-state index in [2.05, 4.69) is 22.7 Å². The lowest BCUT2D eigenvalue weighted by molar-refractivity contribution is 0.233. The van der Waals surface area contributed by atoms with Crippen molar-refractivity contribution < 1.29 is 0 Å². The summed E-state index contributed by atoms with van der Waals surface area (Å²) >= 11 is 1.28. The Balaban J connectivity index is 2.00. The van der Waals surface area contributed by atoms with Crippen molar-refractivity contribution in [3.63, 3.8) is 0 Å². The Morgan fingerprint density at radius 2 is 2.18 bits per heavy atom. The molecule has 0 aromatic carbocycles.